The van der Waals surface area contributed by atoms with E-state index >= 15 is 0 Å². The predicted octanol–water partition coefficient (Wildman–Crippen LogP) is 3.65. The van der Waals surface area contributed by atoms with Crippen molar-refractivity contribution in [1.82, 2.24) is 0 Å². The average Bonchev–Trinajstić information content (AvgIpc) is 2.65. The topological polar surface area (TPSA) is 53.7 Å². The molecule has 0 fully saturated rings. The predicted molar refractivity (Wildman–Crippen MR) is 96.4 cm³/mol. The van der Waals surface area contributed by atoms with Crippen molar-refractivity contribution in [3.8, 4) is 6.07 Å². The van der Waals surface area contributed by atoms with Crippen LogP contribution < -0.4 is 10.3 Å². The minimum Gasteiger partial charge on any atom is -0.420 e. The summed E-state index contributed by atoms with van der Waals surface area (Å²) in [7, 11) is 0. The van der Waals surface area contributed by atoms with Crippen molar-refractivity contribution in [2.75, 3.05) is 5.73 Å². The van der Waals surface area contributed by atoms with Crippen molar-refractivity contribution in [1.29, 1.82) is 5.26 Å². The lowest BCUT2D eigenvalue weighted by Gasteiger charge is -1.95. The molecule has 0 spiro atoms. The van der Waals surface area contributed by atoms with Gasteiger partial charge in [0.2, 0.25) is 0 Å². The molecule has 0 aliphatic rings. The van der Waals surface area contributed by atoms with Gasteiger partial charge in [-0.1, -0.05) is 42.1 Å². The van der Waals surface area contributed by atoms with Crippen molar-refractivity contribution in [3.05, 3.63) is 103 Å². The van der Waals surface area contributed by atoms with Crippen LogP contribution in [0.3, 0.4) is 0 Å². The third kappa shape index (κ3) is 5.78. The molecule has 0 radical (unpaired) electrons. The van der Waals surface area contributed by atoms with E-state index in [1.54, 1.807) is 12.1 Å². The molecule has 0 aliphatic carbocycles. The lowest BCUT2D eigenvalue weighted by atomic mass is 10.1. The fourth-order valence-corrected chi connectivity index (χ4v) is 2.00. The Morgan fingerprint density at radius 2 is 1.67 bits per heavy atom. The number of nitrogens with two attached hydrogens (primary N) is 1. The van der Waals surface area contributed by atoms with Gasteiger partial charge in [-0.3, -0.25) is 0 Å². The van der Waals surface area contributed by atoms with Crippen LogP contribution in [-0.4, -0.2) is 0 Å². The summed E-state index contributed by atoms with van der Waals surface area (Å²) in [6, 6.07) is 28.2. The van der Waals surface area contributed by atoms with Crippen LogP contribution in [0.5, 0.6) is 0 Å². The molecule has 2 aromatic carbocycles. The summed E-state index contributed by atoms with van der Waals surface area (Å²) in [5, 5.41) is 9.12. The third-order valence-corrected chi connectivity index (χ3v) is 3.22. The number of aromatic nitrogens is 1. The van der Waals surface area contributed by atoms with Gasteiger partial charge in [0.15, 0.2) is 18.5 Å². The maximum atomic E-state index is 9.12. The molecule has 0 aliphatic heterocycles. The molecule has 0 bridgehead atoms. The maximum absolute atomic E-state index is 9.12. The number of benzene rings is 2. The molecule has 0 unspecified atom stereocenters. The third-order valence-electron chi connectivity index (χ3n) is 3.22. The summed E-state index contributed by atoms with van der Waals surface area (Å²) in [6.07, 6.45) is 6.46. The van der Waals surface area contributed by atoms with Gasteiger partial charge in [-0.15, -0.1) is 6.07 Å². The van der Waals surface area contributed by atoms with Crippen molar-refractivity contribution in [3.63, 3.8) is 0 Å². The number of rotatable bonds is 3. The lowest BCUT2D eigenvalue weighted by Crippen LogP contribution is -2.30. The van der Waals surface area contributed by atoms with Crippen LogP contribution >= 0.6 is 0 Å². The standard InChI is InChI=1S/C15H13N2.C6H6N/c16-13-15(17-11-5-2-6-12-17)10-9-14-7-3-1-4-8-14;7-6-4-2-1-3-5-6/h1-8,10-12H,9H2;1-4H,7H2/q+1;-1/b15-10+;. The van der Waals surface area contributed by atoms with Crippen LogP contribution in [0, 0.1) is 17.4 Å². The summed E-state index contributed by atoms with van der Waals surface area (Å²) < 4.78 is 1.82. The second kappa shape index (κ2) is 9.60. The van der Waals surface area contributed by atoms with Gasteiger partial charge in [-0.2, -0.15) is 34.1 Å². The largest absolute Gasteiger partial charge is 0.420 e. The van der Waals surface area contributed by atoms with Gasteiger partial charge in [0, 0.05) is 18.2 Å². The summed E-state index contributed by atoms with van der Waals surface area (Å²) in [5.74, 6) is 0. The second-order valence-electron chi connectivity index (χ2n) is 4.99. The van der Waals surface area contributed by atoms with Gasteiger partial charge in [0.25, 0.3) is 5.70 Å². The molecule has 1 heterocycles. The zero-order valence-corrected chi connectivity index (χ0v) is 13.3. The van der Waals surface area contributed by atoms with Gasteiger partial charge in [-0.05, 0) is 12.0 Å². The molecular weight excluding hydrogens is 294 g/mol. The van der Waals surface area contributed by atoms with Crippen molar-refractivity contribution < 1.29 is 4.57 Å². The highest BCUT2D eigenvalue weighted by atomic mass is 14.9. The molecule has 3 aromatic rings. The molecule has 3 nitrogen and oxygen atoms in total. The fraction of sp³-hybridized carbons (Fsp3) is 0.0476. The van der Waals surface area contributed by atoms with E-state index in [9.17, 15) is 0 Å². The van der Waals surface area contributed by atoms with E-state index < -0.39 is 0 Å². The minimum absolute atomic E-state index is 0.648. The fourth-order valence-electron chi connectivity index (χ4n) is 2.00. The average molecular weight is 313 g/mol. The number of allylic oxidation sites excluding steroid dienone is 2. The second-order valence-corrected chi connectivity index (χ2v) is 4.99. The maximum Gasteiger partial charge on any atom is 0.285 e. The highest BCUT2D eigenvalue weighted by molar-refractivity contribution is 5.50. The summed E-state index contributed by atoms with van der Waals surface area (Å²) in [4.78, 5) is 0. The minimum atomic E-state index is 0.648. The van der Waals surface area contributed by atoms with E-state index in [2.05, 4.69) is 24.3 Å². The zero-order chi connectivity index (χ0) is 17.0. The van der Waals surface area contributed by atoms with Crippen LogP contribution in [0.25, 0.3) is 5.70 Å². The van der Waals surface area contributed by atoms with Gasteiger partial charge in [0.05, 0.1) is 0 Å². The van der Waals surface area contributed by atoms with Crippen molar-refractivity contribution in [2.24, 2.45) is 0 Å². The Balaban J connectivity index is 0.000000249. The van der Waals surface area contributed by atoms with Crippen molar-refractivity contribution >= 4 is 11.4 Å². The van der Waals surface area contributed by atoms with Gasteiger partial charge in [-0.25, -0.2) is 0 Å². The molecular formula is C21H19N3. The highest BCUT2D eigenvalue weighted by Gasteiger charge is 2.06. The Morgan fingerprint density at radius 3 is 2.21 bits per heavy atom. The van der Waals surface area contributed by atoms with Gasteiger partial charge in [0.1, 0.15) is 0 Å². The number of nitriles is 1. The molecule has 3 heteroatoms. The van der Waals surface area contributed by atoms with E-state index in [1.165, 1.54) is 5.56 Å². The molecule has 3 rings (SSSR count). The number of hydrogen-bond acceptors (Lipinski definition) is 2. The first kappa shape index (κ1) is 17.0. The summed E-state index contributed by atoms with van der Waals surface area (Å²) in [6.45, 7) is 0. The first-order valence-corrected chi connectivity index (χ1v) is 7.62. The Kier molecular flexibility index (Phi) is 6.79. The van der Waals surface area contributed by atoms with E-state index in [1.807, 2.05) is 71.6 Å². The number of nitrogen functional groups attached to an aromatic ring is 1. The van der Waals surface area contributed by atoms with E-state index in [4.69, 9.17) is 11.0 Å². The number of pyridine rings is 1. The summed E-state index contributed by atoms with van der Waals surface area (Å²) >= 11 is 0. The molecule has 0 atom stereocenters. The Hall–Kier alpha value is -3.38. The van der Waals surface area contributed by atoms with E-state index in [0.717, 1.165) is 6.42 Å². The molecule has 0 saturated carbocycles. The molecule has 0 amide bonds. The number of para-hydroxylation sites is 1. The van der Waals surface area contributed by atoms with E-state index in [-0.39, 0.29) is 0 Å². The first-order chi connectivity index (χ1) is 11.8. The molecule has 118 valence electrons. The van der Waals surface area contributed by atoms with Gasteiger partial charge >= 0.3 is 0 Å². The van der Waals surface area contributed by atoms with Gasteiger partial charge < -0.3 is 5.73 Å². The first-order valence-electron chi connectivity index (χ1n) is 7.62. The van der Waals surface area contributed by atoms with Crippen LogP contribution in [-0.2, 0) is 6.42 Å². The SMILES string of the molecule is N#C/C(=C\Cc1ccccc1)[n+]1ccccc1.Nc1[c-]cccc1. The Bertz CT molecular complexity index is 789. The zero-order valence-electron chi connectivity index (χ0n) is 13.3. The smallest absolute Gasteiger partial charge is 0.285 e. The monoisotopic (exact) mass is 313 g/mol. The number of hydrogen-bond donors (Lipinski definition) is 1. The number of nitrogens with zero attached hydrogens (tertiary/aromatic N) is 2. The number of anilines is 1. The normalized spacial score (nSPS) is 10.2. The van der Waals surface area contributed by atoms with E-state index in [0.29, 0.717) is 11.4 Å². The molecule has 2 N–H and O–H groups in total. The van der Waals surface area contributed by atoms with Crippen molar-refractivity contribution in [2.45, 2.75) is 6.42 Å². The molecule has 24 heavy (non-hydrogen) atoms. The molecule has 1 aromatic heterocycles. The Morgan fingerprint density at radius 1 is 1.00 bits per heavy atom. The summed E-state index contributed by atoms with van der Waals surface area (Å²) in [5.41, 5.74) is 7.85. The van der Waals surface area contributed by atoms with Crippen LogP contribution in [0.2, 0.25) is 0 Å². The quantitative estimate of drug-likeness (QED) is 0.347. The lowest BCUT2D eigenvalue weighted by molar-refractivity contribution is -0.577. The Labute approximate surface area is 142 Å². The van der Waals surface area contributed by atoms with Crippen LogP contribution in [0.1, 0.15) is 5.56 Å². The van der Waals surface area contributed by atoms with Crippen LogP contribution in [0.4, 0.5) is 5.69 Å². The van der Waals surface area contributed by atoms with Crippen LogP contribution in [0.15, 0.2) is 91.3 Å². The highest BCUT2D eigenvalue weighted by Crippen LogP contribution is 2.02. The molecule has 0 saturated heterocycles.